The summed E-state index contributed by atoms with van der Waals surface area (Å²) >= 11 is 0. The SMILES string of the molecule is CC(C)(CCC(N)=O)c1nc2c3ccc(F)cc3c3c(=O)[nH][nH]cc3c2n1. The average molecular weight is 367 g/mol. The number of halogens is 1. The highest BCUT2D eigenvalue weighted by Gasteiger charge is 2.27. The second-order valence-corrected chi connectivity index (χ2v) is 7.32. The van der Waals surface area contributed by atoms with Crippen LogP contribution in [0.15, 0.2) is 29.2 Å². The minimum absolute atomic E-state index is 0.220. The number of carbonyl (C=O) groups excluding carboxylic acids is 1. The summed E-state index contributed by atoms with van der Waals surface area (Å²) in [7, 11) is 0. The van der Waals surface area contributed by atoms with Crippen LogP contribution in [0.2, 0.25) is 0 Å². The molecule has 0 aliphatic carbocycles. The minimum Gasteiger partial charge on any atom is -0.370 e. The van der Waals surface area contributed by atoms with Gasteiger partial charge in [-0.3, -0.25) is 14.7 Å². The molecule has 0 saturated carbocycles. The number of nitrogens with two attached hydrogens (primary N) is 1. The highest BCUT2D eigenvalue weighted by atomic mass is 19.1. The van der Waals surface area contributed by atoms with Crippen molar-refractivity contribution in [2.45, 2.75) is 32.1 Å². The van der Waals surface area contributed by atoms with E-state index in [1.54, 1.807) is 12.3 Å². The van der Waals surface area contributed by atoms with Crippen LogP contribution in [0.4, 0.5) is 4.39 Å². The summed E-state index contributed by atoms with van der Waals surface area (Å²) in [6.07, 6.45) is 2.34. The maximum atomic E-state index is 13.9. The molecule has 4 N–H and O–H groups in total. The maximum Gasteiger partial charge on any atom is 0.270 e. The quantitative estimate of drug-likeness (QED) is 0.481. The molecule has 27 heavy (non-hydrogen) atoms. The molecule has 0 saturated heterocycles. The Labute approximate surface area is 152 Å². The van der Waals surface area contributed by atoms with Crippen molar-refractivity contribution in [1.29, 1.82) is 0 Å². The van der Waals surface area contributed by atoms with Crippen LogP contribution in [-0.2, 0) is 10.2 Å². The van der Waals surface area contributed by atoms with Crippen LogP contribution < -0.4 is 11.3 Å². The van der Waals surface area contributed by atoms with Gasteiger partial charge in [-0.2, -0.15) is 0 Å². The Morgan fingerprint density at radius 3 is 2.59 bits per heavy atom. The number of aromatic nitrogens is 4. The Bertz CT molecular complexity index is 1270. The van der Waals surface area contributed by atoms with Crippen LogP contribution in [0.1, 0.15) is 32.5 Å². The molecule has 7 nitrogen and oxygen atoms in total. The van der Waals surface area contributed by atoms with E-state index in [1.165, 1.54) is 12.1 Å². The first-order chi connectivity index (χ1) is 12.8. The molecule has 4 aromatic rings. The van der Waals surface area contributed by atoms with E-state index in [0.29, 0.717) is 44.8 Å². The van der Waals surface area contributed by atoms with Crippen LogP contribution in [0.25, 0.3) is 32.6 Å². The van der Waals surface area contributed by atoms with Crippen molar-refractivity contribution in [2.75, 3.05) is 0 Å². The van der Waals surface area contributed by atoms with E-state index < -0.39 is 11.2 Å². The molecular weight excluding hydrogens is 349 g/mol. The van der Waals surface area contributed by atoms with Gasteiger partial charge in [0.1, 0.15) is 17.2 Å². The van der Waals surface area contributed by atoms with Gasteiger partial charge in [-0.05, 0) is 24.6 Å². The molecule has 0 aliphatic rings. The van der Waals surface area contributed by atoms with E-state index >= 15 is 0 Å². The molecule has 8 heteroatoms. The number of amides is 1. The fraction of sp³-hybridized carbons (Fsp3) is 0.263. The molecule has 2 aromatic carbocycles. The largest absolute Gasteiger partial charge is 0.370 e. The fourth-order valence-corrected chi connectivity index (χ4v) is 3.38. The fourth-order valence-electron chi connectivity index (χ4n) is 3.38. The number of rotatable bonds is 4. The van der Waals surface area contributed by atoms with E-state index in [9.17, 15) is 14.0 Å². The number of H-pyrrole nitrogens is 2. The number of hydrogen-bond acceptors (Lipinski definition) is 4. The Hall–Kier alpha value is -3.29. The zero-order valence-electron chi connectivity index (χ0n) is 14.9. The van der Waals surface area contributed by atoms with Crippen LogP contribution in [0.5, 0.6) is 0 Å². The van der Waals surface area contributed by atoms with Gasteiger partial charge in [0.05, 0.1) is 10.9 Å². The third-order valence-corrected chi connectivity index (χ3v) is 4.92. The molecule has 4 rings (SSSR count). The van der Waals surface area contributed by atoms with E-state index in [1.807, 2.05) is 13.8 Å². The first-order valence-corrected chi connectivity index (χ1v) is 8.55. The van der Waals surface area contributed by atoms with Gasteiger partial charge in [0.15, 0.2) is 0 Å². The second kappa shape index (κ2) is 5.87. The molecule has 2 heterocycles. The van der Waals surface area contributed by atoms with Gasteiger partial charge < -0.3 is 10.8 Å². The van der Waals surface area contributed by atoms with Crippen LogP contribution in [0.3, 0.4) is 0 Å². The van der Waals surface area contributed by atoms with E-state index in [2.05, 4.69) is 20.2 Å². The van der Waals surface area contributed by atoms with Gasteiger partial charge >= 0.3 is 0 Å². The zero-order valence-corrected chi connectivity index (χ0v) is 14.9. The number of nitrogens with zero attached hydrogens (tertiary/aromatic N) is 2. The lowest BCUT2D eigenvalue weighted by Gasteiger charge is -2.20. The van der Waals surface area contributed by atoms with E-state index in [4.69, 9.17) is 5.73 Å². The molecular formula is C19H18FN5O2. The molecule has 0 fully saturated rings. The highest BCUT2D eigenvalue weighted by molar-refractivity contribution is 6.22. The molecule has 0 bridgehead atoms. The van der Waals surface area contributed by atoms with Crippen molar-refractivity contribution in [3.8, 4) is 0 Å². The number of nitrogens with one attached hydrogen (secondary N) is 2. The number of carbonyl (C=O) groups is 1. The lowest BCUT2D eigenvalue weighted by molar-refractivity contribution is -0.118. The van der Waals surface area contributed by atoms with Crippen molar-refractivity contribution in [3.63, 3.8) is 0 Å². The number of benzene rings is 2. The van der Waals surface area contributed by atoms with Crippen molar-refractivity contribution in [3.05, 3.63) is 46.4 Å². The normalized spacial score (nSPS) is 12.3. The second-order valence-electron chi connectivity index (χ2n) is 7.32. The van der Waals surface area contributed by atoms with Gasteiger partial charge in [-0.25, -0.2) is 14.4 Å². The molecule has 138 valence electrons. The molecule has 0 radical (unpaired) electrons. The first kappa shape index (κ1) is 17.1. The molecule has 2 aromatic heterocycles. The topological polar surface area (TPSA) is 118 Å². The summed E-state index contributed by atoms with van der Waals surface area (Å²) < 4.78 is 13.9. The van der Waals surface area contributed by atoms with Gasteiger partial charge in [0.25, 0.3) is 5.56 Å². The predicted octanol–water partition coefficient (Wildman–Crippen LogP) is 2.63. The molecule has 0 spiro atoms. The summed E-state index contributed by atoms with van der Waals surface area (Å²) in [6, 6.07) is 4.28. The van der Waals surface area contributed by atoms with Crippen molar-refractivity contribution in [2.24, 2.45) is 5.73 Å². The minimum atomic E-state index is -0.488. The Morgan fingerprint density at radius 2 is 1.89 bits per heavy atom. The molecule has 0 aliphatic heterocycles. The van der Waals surface area contributed by atoms with Gasteiger partial charge in [-0.1, -0.05) is 13.8 Å². The summed E-state index contributed by atoms with van der Waals surface area (Å²) in [4.78, 5) is 33.0. The molecule has 1 amide bonds. The third kappa shape index (κ3) is 2.73. The smallest absolute Gasteiger partial charge is 0.270 e. The van der Waals surface area contributed by atoms with Crippen molar-refractivity contribution >= 4 is 38.5 Å². The van der Waals surface area contributed by atoms with E-state index in [0.717, 1.165) is 0 Å². The average Bonchev–Trinajstić information content (AvgIpc) is 3.06. The summed E-state index contributed by atoms with van der Waals surface area (Å²) in [6.45, 7) is 3.88. The number of hydrogen-bond donors (Lipinski definition) is 3. The Kier molecular flexibility index (Phi) is 3.73. The maximum absolute atomic E-state index is 13.9. The van der Waals surface area contributed by atoms with Crippen LogP contribution in [-0.4, -0.2) is 26.1 Å². The van der Waals surface area contributed by atoms with Crippen molar-refractivity contribution in [1.82, 2.24) is 20.2 Å². The van der Waals surface area contributed by atoms with Gasteiger partial charge in [0, 0.05) is 34.2 Å². The monoisotopic (exact) mass is 367 g/mol. The first-order valence-electron chi connectivity index (χ1n) is 8.55. The summed E-state index contributed by atoms with van der Waals surface area (Å²) in [5, 5.41) is 7.28. The van der Waals surface area contributed by atoms with Gasteiger partial charge in [-0.15, -0.1) is 0 Å². The van der Waals surface area contributed by atoms with Crippen LogP contribution in [0, 0.1) is 5.82 Å². The molecule has 0 atom stereocenters. The number of imidazole rings is 1. The summed E-state index contributed by atoms with van der Waals surface area (Å²) in [5.74, 6) is -0.263. The Morgan fingerprint density at radius 1 is 1.19 bits per heavy atom. The number of fused-ring (bicyclic) bond motifs is 6. The highest BCUT2D eigenvalue weighted by Crippen LogP contribution is 2.35. The number of aromatic amines is 2. The lowest BCUT2D eigenvalue weighted by atomic mass is 9.87. The number of primary amides is 1. The summed E-state index contributed by atoms with van der Waals surface area (Å²) in [5.41, 5.74) is 5.59. The predicted molar refractivity (Wildman–Crippen MR) is 101 cm³/mol. The lowest BCUT2D eigenvalue weighted by Crippen LogP contribution is -2.22. The van der Waals surface area contributed by atoms with Crippen molar-refractivity contribution < 1.29 is 9.18 Å². The standard InChI is InChI=1S/C19H18FN5O2/c1-19(2,6-5-13(21)26)18-23-15-10-4-3-9(20)7-11(10)14-12(16(15)24-18)8-22-25-17(14)27/h3-4,7-8,22H,5-6H2,1-2H3,(H2,21,26)(H,25,27). The molecule has 0 unspecified atom stereocenters. The Balaban J connectivity index is 2.08. The van der Waals surface area contributed by atoms with E-state index in [-0.39, 0.29) is 17.9 Å². The van der Waals surface area contributed by atoms with Gasteiger partial charge in [0.2, 0.25) is 5.91 Å². The third-order valence-electron chi connectivity index (χ3n) is 4.92. The zero-order chi connectivity index (χ0) is 19.3. The van der Waals surface area contributed by atoms with Crippen LogP contribution >= 0.6 is 0 Å².